The molecular formula is C21H17ClFN5O2. The van der Waals surface area contributed by atoms with Crippen molar-refractivity contribution in [3.05, 3.63) is 72.5 Å². The second-order valence-corrected chi connectivity index (χ2v) is 7.09. The average Bonchev–Trinajstić information content (AvgIpc) is 2.73. The monoisotopic (exact) mass is 425 g/mol. The lowest BCUT2D eigenvalue weighted by Gasteiger charge is -2.39. The molecule has 0 unspecified atom stereocenters. The number of ether oxygens (including phenoxy) is 1. The lowest BCUT2D eigenvalue weighted by Crippen LogP contribution is -2.56. The Morgan fingerprint density at radius 3 is 2.67 bits per heavy atom. The summed E-state index contributed by atoms with van der Waals surface area (Å²) >= 11 is 5.75. The number of likely N-dealkylation sites (tertiary alicyclic amines) is 1. The van der Waals surface area contributed by atoms with Crippen molar-refractivity contribution in [3.8, 4) is 22.9 Å². The van der Waals surface area contributed by atoms with Gasteiger partial charge in [0.25, 0.3) is 0 Å². The molecule has 152 valence electrons. The van der Waals surface area contributed by atoms with E-state index in [2.05, 4.69) is 26.8 Å². The van der Waals surface area contributed by atoms with E-state index in [1.165, 1.54) is 24.3 Å². The summed E-state index contributed by atoms with van der Waals surface area (Å²) in [4.78, 5) is 25.9. The molecule has 0 atom stereocenters. The molecular weight excluding hydrogens is 409 g/mol. The molecule has 1 aromatic carbocycles. The number of nitrogens with zero attached hydrogens (tertiary/aromatic N) is 4. The van der Waals surface area contributed by atoms with E-state index < -0.39 is 5.82 Å². The number of anilines is 1. The summed E-state index contributed by atoms with van der Waals surface area (Å²) in [6.07, 6.45) is 7.97. The van der Waals surface area contributed by atoms with Gasteiger partial charge in [-0.2, -0.15) is 0 Å². The number of carbonyl (C=O) groups is 1. The summed E-state index contributed by atoms with van der Waals surface area (Å²) in [6, 6.07) is 6.24. The van der Waals surface area contributed by atoms with Crippen LogP contribution in [0.4, 0.5) is 10.1 Å². The van der Waals surface area contributed by atoms with Crippen molar-refractivity contribution < 1.29 is 13.9 Å². The van der Waals surface area contributed by atoms with Crippen LogP contribution in [0.5, 0.6) is 11.8 Å². The Bertz CT molecular complexity index is 1090. The fourth-order valence-electron chi connectivity index (χ4n) is 2.96. The maximum absolute atomic E-state index is 13.2. The first-order chi connectivity index (χ1) is 14.5. The molecule has 0 aliphatic carbocycles. The quantitative estimate of drug-likeness (QED) is 0.603. The highest BCUT2D eigenvalue weighted by molar-refractivity contribution is 6.30. The molecule has 1 aliphatic rings. The maximum Gasteiger partial charge on any atom is 0.321 e. The summed E-state index contributed by atoms with van der Waals surface area (Å²) in [5.41, 5.74) is 2.42. The van der Waals surface area contributed by atoms with Crippen LogP contribution in [0.2, 0.25) is 5.02 Å². The molecule has 9 heteroatoms. The Balaban J connectivity index is 1.40. The van der Waals surface area contributed by atoms with Gasteiger partial charge in [0.05, 0.1) is 16.8 Å². The van der Waals surface area contributed by atoms with Crippen LogP contribution < -0.4 is 10.1 Å². The van der Waals surface area contributed by atoms with Crippen LogP contribution in [0, 0.1) is 5.82 Å². The van der Waals surface area contributed by atoms with Crippen LogP contribution in [0.25, 0.3) is 11.1 Å². The fourth-order valence-corrected chi connectivity index (χ4v) is 3.13. The zero-order valence-electron chi connectivity index (χ0n) is 15.8. The number of rotatable bonds is 6. The first-order valence-corrected chi connectivity index (χ1v) is 9.48. The minimum absolute atomic E-state index is 0.0389. The minimum atomic E-state index is -0.525. The second kappa shape index (κ2) is 8.46. The zero-order chi connectivity index (χ0) is 21.1. The molecule has 0 spiro atoms. The topological polar surface area (TPSA) is 80.2 Å². The molecule has 4 rings (SSSR count). The molecule has 2 aromatic heterocycles. The van der Waals surface area contributed by atoms with Crippen molar-refractivity contribution in [2.75, 3.05) is 18.4 Å². The summed E-state index contributed by atoms with van der Waals surface area (Å²) < 4.78 is 18.7. The number of nitrogens with one attached hydrogen (secondary N) is 1. The molecule has 0 bridgehead atoms. The Hall–Kier alpha value is -3.52. The molecule has 1 N–H and O–H groups in total. The van der Waals surface area contributed by atoms with E-state index in [0.29, 0.717) is 18.8 Å². The van der Waals surface area contributed by atoms with Crippen molar-refractivity contribution in [2.45, 2.75) is 6.04 Å². The summed E-state index contributed by atoms with van der Waals surface area (Å²) in [7, 11) is 0. The smallest absolute Gasteiger partial charge is 0.321 e. The first kappa shape index (κ1) is 19.8. The number of aromatic nitrogens is 3. The standard InChI is InChI=1S/C21H17ClFN5O2/c1-2-20(29)28-11-16(12-28)27-15-5-13(7-24-10-15)14-8-25-21(26-9-14)30-17-3-4-19(23)18(22)6-17/h2-10,16,27H,1,11-12H2. The molecule has 0 saturated carbocycles. The number of halogens is 2. The van der Waals surface area contributed by atoms with Gasteiger partial charge in [-0.15, -0.1) is 0 Å². The van der Waals surface area contributed by atoms with E-state index >= 15 is 0 Å². The maximum atomic E-state index is 13.2. The Morgan fingerprint density at radius 1 is 1.20 bits per heavy atom. The number of carbonyl (C=O) groups excluding carboxylic acids is 1. The number of hydrogen-bond acceptors (Lipinski definition) is 6. The van der Waals surface area contributed by atoms with Gasteiger partial charge in [-0.3, -0.25) is 9.78 Å². The normalized spacial score (nSPS) is 13.5. The predicted octanol–water partition coefficient (Wildman–Crippen LogP) is 3.93. The van der Waals surface area contributed by atoms with Crippen molar-refractivity contribution in [2.24, 2.45) is 0 Å². The highest BCUT2D eigenvalue weighted by atomic mass is 35.5. The number of benzene rings is 1. The van der Waals surface area contributed by atoms with Crippen LogP contribution in [-0.2, 0) is 4.79 Å². The largest absolute Gasteiger partial charge is 0.424 e. The second-order valence-electron chi connectivity index (χ2n) is 6.68. The number of amides is 1. The SMILES string of the molecule is C=CC(=O)N1CC(Nc2cncc(-c3cnc(Oc4ccc(F)c(Cl)c4)nc3)c2)C1. The van der Waals surface area contributed by atoms with Gasteiger partial charge >= 0.3 is 6.01 Å². The third-order valence-corrected chi connectivity index (χ3v) is 4.83. The van der Waals surface area contributed by atoms with Crippen LogP contribution >= 0.6 is 11.6 Å². The van der Waals surface area contributed by atoms with Gasteiger partial charge in [0.2, 0.25) is 5.91 Å². The lowest BCUT2D eigenvalue weighted by molar-refractivity contribution is -0.129. The van der Waals surface area contributed by atoms with Crippen LogP contribution in [0.15, 0.2) is 61.7 Å². The van der Waals surface area contributed by atoms with E-state index in [1.807, 2.05) is 6.07 Å². The van der Waals surface area contributed by atoms with E-state index in [1.54, 1.807) is 29.7 Å². The Morgan fingerprint density at radius 2 is 1.97 bits per heavy atom. The van der Waals surface area contributed by atoms with Crippen molar-refractivity contribution in [1.29, 1.82) is 0 Å². The Labute approximate surface area is 177 Å². The van der Waals surface area contributed by atoms with Gasteiger partial charge in [0.1, 0.15) is 11.6 Å². The predicted molar refractivity (Wildman–Crippen MR) is 111 cm³/mol. The van der Waals surface area contributed by atoms with E-state index in [0.717, 1.165) is 16.8 Å². The summed E-state index contributed by atoms with van der Waals surface area (Å²) in [5, 5.41) is 3.31. The summed E-state index contributed by atoms with van der Waals surface area (Å²) in [5.74, 6) is -0.253. The molecule has 1 fully saturated rings. The van der Waals surface area contributed by atoms with Gasteiger partial charge in [0, 0.05) is 55.1 Å². The molecule has 3 aromatic rings. The van der Waals surface area contributed by atoms with Gasteiger partial charge in [-0.05, 0) is 24.3 Å². The van der Waals surface area contributed by atoms with Gasteiger partial charge in [-0.25, -0.2) is 14.4 Å². The van der Waals surface area contributed by atoms with Gasteiger partial charge < -0.3 is 15.0 Å². The highest BCUT2D eigenvalue weighted by Crippen LogP contribution is 2.26. The number of pyridine rings is 1. The fraction of sp³-hybridized carbons (Fsp3) is 0.143. The van der Waals surface area contributed by atoms with E-state index in [-0.39, 0.29) is 23.0 Å². The van der Waals surface area contributed by atoms with Gasteiger partial charge in [-0.1, -0.05) is 18.2 Å². The van der Waals surface area contributed by atoms with E-state index in [9.17, 15) is 9.18 Å². The minimum Gasteiger partial charge on any atom is -0.424 e. The molecule has 3 heterocycles. The lowest BCUT2D eigenvalue weighted by atomic mass is 10.1. The highest BCUT2D eigenvalue weighted by Gasteiger charge is 2.29. The third-order valence-electron chi connectivity index (χ3n) is 4.54. The van der Waals surface area contributed by atoms with E-state index in [4.69, 9.17) is 16.3 Å². The number of hydrogen-bond donors (Lipinski definition) is 1. The molecule has 1 amide bonds. The van der Waals surface area contributed by atoms with Crippen LogP contribution in [0.3, 0.4) is 0 Å². The van der Waals surface area contributed by atoms with Crippen LogP contribution in [-0.4, -0.2) is 44.9 Å². The van der Waals surface area contributed by atoms with Gasteiger partial charge in [0.15, 0.2) is 0 Å². The zero-order valence-corrected chi connectivity index (χ0v) is 16.5. The van der Waals surface area contributed by atoms with Crippen molar-refractivity contribution in [3.63, 3.8) is 0 Å². The molecule has 1 saturated heterocycles. The molecule has 7 nitrogen and oxygen atoms in total. The van der Waals surface area contributed by atoms with Crippen molar-refractivity contribution >= 4 is 23.2 Å². The molecule has 30 heavy (non-hydrogen) atoms. The average molecular weight is 426 g/mol. The summed E-state index contributed by atoms with van der Waals surface area (Å²) in [6.45, 7) is 4.74. The third kappa shape index (κ3) is 4.38. The van der Waals surface area contributed by atoms with Crippen LogP contribution in [0.1, 0.15) is 0 Å². The Kier molecular flexibility index (Phi) is 5.58. The first-order valence-electron chi connectivity index (χ1n) is 9.10. The van der Waals surface area contributed by atoms with Crippen molar-refractivity contribution in [1.82, 2.24) is 19.9 Å². The molecule has 1 aliphatic heterocycles. The molecule has 0 radical (unpaired) electrons.